The summed E-state index contributed by atoms with van der Waals surface area (Å²) in [6.07, 6.45) is 0.0218. The van der Waals surface area contributed by atoms with Gasteiger partial charge in [0.25, 0.3) is 0 Å². The number of hydrogen-bond acceptors (Lipinski definition) is 2. The van der Waals surface area contributed by atoms with Crippen LogP contribution in [0.25, 0.3) is 11.1 Å². The first-order valence-corrected chi connectivity index (χ1v) is 8.79. The Morgan fingerprint density at radius 1 is 1.12 bits per heavy atom. The van der Waals surface area contributed by atoms with Crippen molar-refractivity contribution in [3.8, 4) is 11.1 Å². The lowest BCUT2D eigenvalue weighted by Gasteiger charge is -2.38. The monoisotopic (exact) mass is 352 g/mol. The second-order valence-corrected chi connectivity index (χ2v) is 7.61. The predicted octanol–water partition coefficient (Wildman–Crippen LogP) is 4.39. The average Bonchev–Trinajstić information content (AvgIpc) is 2.73. The van der Waals surface area contributed by atoms with E-state index in [4.69, 9.17) is 0 Å². The molecule has 0 radical (unpaired) electrons. The van der Waals surface area contributed by atoms with Gasteiger partial charge in [0.05, 0.1) is 0 Å². The molecule has 0 aliphatic carbocycles. The van der Waals surface area contributed by atoms with Gasteiger partial charge in [-0.25, -0.2) is 4.79 Å². The number of amides is 2. The summed E-state index contributed by atoms with van der Waals surface area (Å²) in [5.41, 5.74) is 3.34. The number of benzene rings is 2. The van der Waals surface area contributed by atoms with Crippen molar-refractivity contribution in [1.29, 1.82) is 0 Å². The maximum atomic E-state index is 12.7. The molecule has 0 spiro atoms. The van der Waals surface area contributed by atoms with Crippen molar-refractivity contribution in [3.63, 3.8) is 0 Å². The number of fused-ring (bicyclic) bond motifs is 1. The highest BCUT2D eigenvalue weighted by molar-refractivity contribution is 5.98. The second kappa shape index (κ2) is 6.83. The molecule has 2 amide bonds. The van der Waals surface area contributed by atoms with Crippen LogP contribution < -0.4 is 5.32 Å². The number of carbonyl (C=O) groups is 2. The fraction of sp³-hybridized carbons (Fsp3) is 0.333. The summed E-state index contributed by atoms with van der Waals surface area (Å²) in [5, 5.41) is 12.5. The molecule has 2 aromatic rings. The molecule has 5 heteroatoms. The van der Waals surface area contributed by atoms with E-state index in [9.17, 15) is 14.7 Å². The average molecular weight is 352 g/mol. The van der Waals surface area contributed by atoms with Crippen molar-refractivity contribution in [2.45, 2.75) is 45.2 Å². The molecule has 3 rings (SSSR count). The van der Waals surface area contributed by atoms with Crippen molar-refractivity contribution < 1.29 is 14.7 Å². The standard InChI is InChI=1S/C21H24N2O3/c1-21(2,3)23(20(25)26)18-12-10-16-13-15(14-7-5-4-6-8-14)9-11-17(16)22-19(18)24/h4-9,11,13,18H,10,12H2,1-3H3,(H,22,24)(H,25,26)/t18-/m0/s1. The molecule has 0 aromatic heterocycles. The molecule has 5 nitrogen and oxygen atoms in total. The molecule has 0 fully saturated rings. The first-order chi connectivity index (χ1) is 12.3. The summed E-state index contributed by atoms with van der Waals surface area (Å²) >= 11 is 0. The van der Waals surface area contributed by atoms with Crippen LogP contribution >= 0.6 is 0 Å². The largest absolute Gasteiger partial charge is 0.465 e. The zero-order chi connectivity index (χ0) is 18.9. The number of nitrogens with one attached hydrogen (secondary N) is 1. The zero-order valence-electron chi connectivity index (χ0n) is 15.3. The maximum absolute atomic E-state index is 12.7. The first-order valence-electron chi connectivity index (χ1n) is 8.79. The molecule has 2 aromatic carbocycles. The lowest BCUT2D eigenvalue weighted by molar-refractivity contribution is -0.122. The summed E-state index contributed by atoms with van der Waals surface area (Å²) in [5.74, 6) is -0.270. The van der Waals surface area contributed by atoms with E-state index in [1.165, 1.54) is 4.90 Å². The van der Waals surface area contributed by atoms with Crippen molar-refractivity contribution in [2.24, 2.45) is 0 Å². The first kappa shape index (κ1) is 18.0. The van der Waals surface area contributed by atoms with Gasteiger partial charge >= 0.3 is 6.09 Å². The topological polar surface area (TPSA) is 69.6 Å². The van der Waals surface area contributed by atoms with Crippen LogP contribution in [-0.2, 0) is 11.2 Å². The van der Waals surface area contributed by atoms with Gasteiger partial charge in [-0.2, -0.15) is 0 Å². The number of nitrogens with zero attached hydrogens (tertiary/aromatic N) is 1. The van der Waals surface area contributed by atoms with Gasteiger partial charge < -0.3 is 10.4 Å². The minimum absolute atomic E-state index is 0.270. The Hall–Kier alpha value is -2.82. The lowest BCUT2D eigenvalue weighted by atomic mass is 9.97. The molecule has 26 heavy (non-hydrogen) atoms. The van der Waals surface area contributed by atoms with Crippen LogP contribution in [0, 0.1) is 0 Å². The number of carbonyl (C=O) groups excluding carboxylic acids is 1. The molecule has 1 aliphatic heterocycles. The minimum Gasteiger partial charge on any atom is -0.465 e. The van der Waals surface area contributed by atoms with Crippen LogP contribution in [0.5, 0.6) is 0 Å². The molecule has 1 heterocycles. The van der Waals surface area contributed by atoms with E-state index in [-0.39, 0.29) is 5.91 Å². The summed E-state index contributed by atoms with van der Waals surface area (Å²) in [7, 11) is 0. The van der Waals surface area contributed by atoms with E-state index in [0.717, 1.165) is 22.4 Å². The molecular weight excluding hydrogens is 328 g/mol. The summed E-state index contributed by atoms with van der Waals surface area (Å²) in [6.45, 7) is 5.42. The van der Waals surface area contributed by atoms with Crippen LogP contribution in [0.1, 0.15) is 32.8 Å². The van der Waals surface area contributed by atoms with Crippen molar-refractivity contribution in [3.05, 3.63) is 54.1 Å². The zero-order valence-corrected chi connectivity index (χ0v) is 15.3. The molecule has 136 valence electrons. The predicted molar refractivity (Wildman–Crippen MR) is 102 cm³/mol. The van der Waals surface area contributed by atoms with E-state index >= 15 is 0 Å². The summed E-state index contributed by atoms with van der Waals surface area (Å²) in [6, 6.07) is 15.3. The third-order valence-electron chi connectivity index (χ3n) is 4.70. The molecule has 2 N–H and O–H groups in total. The molecular formula is C21H24N2O3. The maximum Gasteiger partial charge on any atom is 0.408 e. The highest BCUT2D eigenvalue weighted by Gasteiger charge is 2.38. The highest BCUT2D eigenvalue weighted by atomic mass is 16.4. The van der Waals surface area contributed by atoms with Gasteiger partial charge in [-0.05, 0) is 62.4 Å². The van der Waals surface area contributed by atoms with Gasteiger partial charge in [0.1, 0.15) is 6.04 Å². The lowest BCUT2D eigenvalue weighted by Crippen LogP contribution is -2.55. The normalized spacial score (nSPS) is 17.0. The number of carboxylic acid groups (broad SMARTS) is 1. The van der Waals surface area contributed by atoms with Gasteiger partial charge in [0.15, 0.2) is 0 Å². The van der Waals surface area contributed by atoms with Crippen molar-refractivity contribution >= 4 is 17.7 Å². The third kappa shape index (κ3) is 3.57. The second-order valence-electron chi connectivity index (χ2n) is 7.61. The number of anilines is 1. The van der Waals surface area contributed by atoms with Gasteiger partial charge in [-0.1, -0.05) is 36.4 Å². The minimum atomic E-state index is -1.08. The molecule has 1 aliphatic rings. The van der Waals surface area contributed by atoms with E-state index in [0.29, 0.717) is 12.8 Å². The van der Waals surface area contributed by atoms with Crippen LogP contribution in [0.2, 0.25) is 0 Å². The molecule has 0 unspecified atom stereocenters. The van der Waals surface area contributed by atoms with E-state index in [2.05, 4.69) is 11.4 Å². The van der Waals surface area contributed by atoms with Gasteiger partial charge in [-0.3, -0.25) is 9.69 Å². The van der Waals surface area contributed by atoms with Crippen molar-refractivity contribution in [1.82, 2.24) is 4.90 Å². The van der Waals surface area contributed by atoms with E-state index < -0.39 is 17.7 Å². The smallest absolute Gasteiger partial charge is 0.408 e. The molecule has 0 bridgehead atoms. The number of rotatable bonds is 2. The Balaban J connectivity index is 1.91. The SMILES string of the molecule is CC(C)(C)N(C(=O)O)[C@H]1CCc2cc(-c3ccccc3)ccc2NC1=O. The van der Waals surface area contributed by atoms with Crippen LogP contribution in [0.4, 0.5) is 10.5 Å². The number of aryl methyl sites for hydroxylation is 1. The summed E-state index contributed by atoms with van der Waals surface area (Å²) < 4.78 is 0. The van der Waals surface area contributed by atoms with Gasteiger partial charge in [-0.15, -0.1) is 0 Å². The van der Waals surface area contributed by atoms with Crippen LogP contribution in [0.15, 0.2) is 48.5 Å². The Morgan fingerprint density at radius 3 is 2.42 bits per heavy atom. The Kier molecular flexibility index (Phi) is 4.72. The van der Waals surface area contributed by atoms with Crippen LogP contribution in [0.3, 0.4) is 0 Å². The quantitative estimate of drug-likeness (QED) is 0.842. The number of hydrogen-bond donors (Lipinski definition) is 2. The van der Waals surface area contributed by atoms with Gasteiger partial charge in [0.2, 0.25) is 5.91 Å². The highest BCUT2D eigenvalue weighted by Crippen LogP contribution is 2.31. The van der Waals surface area contributed by atoms with Crippen LogP contribution in [-0.4, -0.2) is 33.6 Å². The van der Waals surface area contributed by atoms with E-state index in [1.807, 2.05) is 42.5 Å². The molecule has 0 saturated heterocycles. The van der Waals surface area contributed by atoms with Gasteiger partial charge in [0, 0.05) is 11.2 Å². The van der Waals surface area contributed by atoms with Crippen molar-refractivity contribution in [2.75, 3.05) is 5.32 Å². The Morgan fingerprint density at radius 2 is 1.81 bits per heavy atom. The fourth-order valence-electron chi connectivity index (χ4n) is 3.51. The van der Waals surface area contributed by atoms with E-state index in [1.54, 1.807) is 20.8 Å². The fourth-order valence-corrected chi connectivity index (χ4v) is 3.51. The Labute approximate surface area is 153 Å². The molecule has 1 atom stereocenters. The summed E-state index contributed by atoms with van der Waals surface area (Å²) in [4.78, 5) is 25.7. The third-order valence-corrected chi connectivity index (χ3v) is 4.70. The Bertz CT molecular complexity index is 825. The molecule has 0 saturated carbocycles.